The van der Waals surface area contributed by atoms with Crippen molar-refractivity contribution in [2.45, 2.75) is 26.7 Å². The van der Waals surface area contributed by atoms with Crippen LogP contribution in [0, 0.1) is 0 Å². The van der Waals surface area contributed by atoms with Gasteiger partial charge in [0.15, 0.2) is 4.47 Å². The third-order valence-electron chi connectivity index (χ3n) is 2.88. The van der Waals surface area contributed by atoms with Crippen LogP contribution in [0.1, 0.15) is 37.0 Å². The van der Waals surface area contributed by atoms with Crippen LogP contribution in [0.3, 0.4) is 0 Å². The summed E-state index contributed by atoms with van der Waals surface area (Å²) in [6.07, 6.45) is 1.94. The molecule has 0 saturated carbocycles. The molecule has 0 aliphatic heterocycles. The number of amides is 1. The molecular formula is C14H17ClN2OS. The van der Waals surface area contributed by atoms with Crippen LogP contribution in [0.15, 0.2) is 18.2 Å². The highest BCUT2D eigenvalue weighted by Crippen LogP contribution is 2.26. The topological polar surface area (TPSA) is 33.2 Å². The molecule has 0 spiro atoms. The molecule has 0 saturated heterocycles. The van der Waals surface area contributed by atoms with E-state index >= 15 is 0 Å². The summed E-state index contributed by atoms with van der Waals surface area (Å²) in [5, 5.41) is 0. The Labute approximate surface area is 122 Å². The Balaban J connectivity index is 2.28. The van der Waals surface area contributed by atoms with E-state index in [0.29, 0.717) is 10.0 Å². The highest BCUT2D eigenvalue weighted by molar-refractivity contribution is 7.22. The lowest BCUT2D eigenvalue weighted by Crippen LogP contribution is -2.32. The minimum Gasteiger partial charge on any atom is -0.339 e. The maximum Gasteiger partial charge on any atom is 0.253 e. The zero-order chi connectivity index (χ0) is 13.8. The van der Waals surface area contributed by atoms with Crippen LogP contribution in [0.4, 0.5) is 0 Å². The van der Waals surface area contributed by atoms with E-state index in [1.807, 2.05) is 23.1 Å². The zero-order valence-electron chi connectivity index (χ0n) is 11.1. The summed E-state index contributed by atoms with van der Waals surface area (Å²) in [6, 6.07) is 5.61. The number of fused-ring (bicyclic) bond motifs is 1. The number of carbonyl (C=O) groups is 1. The summed E-state index contributed by atoms with van der Waals surface area (Å²) in [5.41, 5.74) is 1.49. The second kappa shape index (κ2) is 6.35. The van der Waals surface area contributed by atoms with Crippen LogP contribution in [-0.2, 0) is 0 Å². The Kier molecular flexibility index (Phi) is 4.77. The lowest BCUT2D eigenvalue weighted by Gasteiger charge is -2.21. The van der Waals surface area contributed by atoms with Gasteiger partial charge in [-0.3, -0.25) is 4.79 Å². The maximum absolute atomic E-state index is 12.4. The first kappa shape index (κ1) is 14.3. The number of thiazole rings is 1. The first-order valence-electron chi connectivity index (χ1n) is 6.51. The van der Waals surface area contributed by atoms with E-state index in [4.69, 9.17) is 11.6 Å². The van der Waals surface area contributed by atoms with Crippen molar-refractivity contribution in [2.75, 3.05) is 13.1 Å². The van der Waals surface area contributed by atoms with Crippen LogP contribution in [0.5, 0.6) is 0 Å². The van der Waals surface area contributed by atoms with Crippen LogP contribution in [-0.4, -0.2) is 28.9 Å². The lowest BCUT2D eigenvalue weighted by molar-refractivity contribution is 0.0755. The number of nitrogens with zero attached hydrogens (tertiary/aromatic N) is 2. The summed E-state index contributed by atoms with van der Waals surface area (Å²) in [7, 11) is 0. The first-order chi connectivity index (χ1) is 9.15. The van der Waals surface area contributed by atoms with Gasteiger partial charge in [-0.05, 0) is 31.0 Å². The van der Waals surface area contributed by atoms with Crippen molar-refractivity contribution < 1.29 is 4.79 Å². The van der Waals surface area contributed by atoms with Gasteiger partial charge in [-0.2, -0.15) is 0 Å². The normalized spacial score (nSPS) is 10.9. The largest absolute Gasteiger partial charge is 0.339 e. The second-order valence-electron chi connectivity index (χ2n) is 4.44. The molecule has 1 heterocycles. The molecule has 1 aromatic heterocycles. The Morgan fingerprint density at radius 1 is 1.32 bits per heavy atom. The molecule has 3 nitrogen and oxygen atoms in total. The van der Waals surface area contributed by atoms with Gasteiger partial charge >= 0.3 is 0 Å². The van der Waals surface area contributed by atoms with E-state index in [2.05, 4.69) is 18.8 Å². The summed E-state index contributed by atoms with van der Waals surface area (Å²) < 4.78 is 1.53. The van der Waals surface area contributed by atoms with Gasteiger partial charge in [-0.15, -0.1) is 11.3 Å². The van der Waals surface area contributed by atoms with E-state index < -0.39 is 0 Å². The Morgan fingerprint density at radius 2 is 2.00 bits per heavy atom. The monoisotopic (exact) mass is 296 g/mol. The van der Waals surface area contributed by atoms with Crippen molar-refractivity contribution in [3.8, 4) is 0 Å². The third-order valence-corrected chi connectivity index (χ3v) is 4.02. The van der Waals surface area contributed by atoms with Crippen molar-refractivity contribution in [1.82, 2.24) is 9.88 Å². The Hall–Kier alpha value is -1.13. The molecule has 0 aliphatic rings. The fourth-order valence-corrected chi connectivity index (χ4v) is 3.08. The van der Waals surface area contributed by atoms with Gasteiger partial charge in [0, 0.05) is 18.7 Å². The van der Waals surface area contributed by atoms with Crippen molar-refractivity contribution >= 4 is 39.1 Å². The molecule has 2 rings (SSSR count). The van der Waals surface area contributed by atoms with Gasteiger partial charge in [0.05, 0.1) is 10.2 Å². The summed E-state index contributed by atoms with van der Waals surface area (Å²) in [5.74, 6) is 0.0784. The molecule has 0 bridgehead atoms. The number of aromatic nitrogens is 1. The van der Waals surface area contributed by atoms with Crippen LogP contribution >= 0.6 is 22.9 Å². The highest BCUT2D eigenvalue weighted by atomic mass is 35.5. The van der Waals surface area contributed by atoms with E-state index in [-0.39, 0.29) is 5.91 Å². The number of carbonyl (C=O) groups excluding carboxylic acids is 1. The minimum absolute atomic E-state index is 0.0784. The van der Waals surface area contributed by atoms with Crippen molar-refractivity contribution in [2.24, 2.45) is 0 Å². The van der Waals surface area contributed by atoms with Crippen LogP contribution < -0.4 is 0 Å². The predicted molar refractivity (Wildman–Crippen MR) is 81.1 cm³/mol. The van der Waals surface area contributed by atoms with Crippen molar-refractivity contribution in [3.63, 3.8) is 0 Å². The fourth-order valence-electron chi connectivity index (χ4n) is 2.07. The molecule has 1 amide bonds. The molecule has 2 aromatic rings. The molecule has 0 atom stereocenters. The van der Waals surface area contributed by atoms with Gasteiger partial charge < -0.3 is 4.90 Å². The third kappa shape index (κ3) is 3.25. The maximum atomic E-state index is 12.4. The van der Waals surface area contributed by atoms with Crippen molar-refractivity contribution in [1.29, 1.82) is 0 Å². The van der Waals surface area contributed by atoms with E-state index in [1.54, 1.807) is 0 Å². The van der Waals surface area contributed by atoms with E-state index in [1.165, 1.54) is 11.3 Å². The van der Waals surface area contributed by atoms with Crippen LogP contribution in [0.2, 0.25) is 4.47 Å². The Morgan fingerprint density at radius 3 is 2.63 bits per heavy atom. The molecule has 5 heteroatoms. The number of benzene rings is 1. The Bertz CT molecular complexity index is 576. The average Bonchev–Trinajstić information content (AvgIpc) is 2.76. The molecular weight excluding hydrogens is 280 g/mol. The van der Waals surface area contributed by atoms with Gasteiger partial charge in [-0.25, -0.2) is 4.98 Å². The molecule has 0 aliphatic carbocycles. The molecule has 102 valence electrons. The van der Waals surface area contributed by atoms with Gasteiger partial charge in [0.2, 0.25) is 0 Å². The van der Waals surface area contributed by atoms with Gasteiger partial charge in [0.25, 0.3) is 5.91 Å². The molecule has 0 N–H and O–H groups in total. The quantitative estimate of drug-likeness (QED) is 0.828. The van der Waals surface area contributed by atoms with Gasteiger partial charge in [-0.1, -0.05) is 25.4 Å². The molecule has 0 radical (unpaired) electrons. The van der Waals surface area contributed by atoms with Gasteiger partial charge in [0.1, 0.15) is 0 Å². The van der Waals surface area contributed by atoms with E-state index in [0.717, 1.165) is 36.1 Å². The first-order valence-corrected chi connectivity index (χ1v) is 7.70. The smallest absolute Gasteiger partial charge is 0.253 e. The fraction of sp³-hybridized carbons (Fsp3) is 0.429. The molecule has 19 heavy (non-hydrogen) atoms. The number of halogens is 1. The molecule has 0 fully saturated rings. The SMILES string of the molecule is CCCN(CCC)C(=O)c1ccc2sc(Cl)nc2c1. The second-order valence-corrected chi connectivity index (χ2v) is 6.05. The summed E-state index contributed by atoms with van der Waals surface area (Å²) >= 11 is 7.32. The lowest BCUT2D eigenvalue weighted by atomic mass is 10.1. The predicted octanol–water partition coefficient (Wildman–Crippen LogP) is 4.21. The number of rotatable bonds is 5. The standard InChI is InChI=1S/C14H17ClN2OS/c1-3-7-17(8-4-2)13(18)10-5-6-12-11(9-10)16-14(15)19-12/h5-6,9H,3-4,7-8H2,1-2H3. The van der Waals surface area contributed by atoms with Crippen LogP contribution in [0.25, 0.3) is 10.2 Å². The average molecular weight is 297 g/mol. The summed E-state index contributed by atoms with van der Waals surface area (Å²) in [4.78, 5) is 18.6. The number of hydrogen-bond acceptors (Lipinski definition) is 3. The molecule has 0 unspecified atom stereocenters. The van der Waals surface area contributed by atoms with Crippen molar-refractivity contribution in [3.05, 3.63) is 28.2 Å². The highest BCUT2D eigenvalue weighted by Gasteiger charge is 2.15. The zero-order valence-corrected chi connectivity index (χ0v) is 12.7. The minimum atomic E-state index is 0.0784. The summed E-state index contributed by atoms with van der Waals surface area (Å²) in [6.45, 7) is 5.75. The molecule has 1 aromatic carbocycles. The van der Waals surface area contributed by atoms with E-state index in [9.17, 15) is 4.79 Å². The number of hydrogen-bond donors (Lipinski definition) is 0.